The van der Waals surface area contributed by atoms with Crippen molar-refractivity contribution in [1.82, 2.24) is 0 Å². The summed E-state index contributed by atoms with van der Waals surface area (Å²) in [5.41, 5.74) is 6.95. The van der Waals surface area contributed by atoms with Crippen molar-refractivity contribution in [1.29, 1.82) is 0 Å². The molecule has 0 saturated heterocycles. The summed E-state index contributed by atoms with van der Waals surface area (Å²) in [4.78, 5) is 2.03. The number of allylic oxidation sites excluding steroid dienone is 1. The summed E-state index contributed by atoms with van der Waals surface area (Å²) >= 11 is 0. The zero-order valence-corrected chi connectivity index (χ0v) is 11.2. The molecule has 0 aliphatic rings. The predicted octanol–water partition coefficient (Wildman–Crippen LogP) is 3.70. The first kappa shape index (κ1) is 13.5. The van der Waals surface area contributed by atoms with Gasteiger partial charge in [-0.15, -0.1) is 0 Å². The van der Waals surface area contributed by atoms with Crippen LogP contribution in [0.1, 0.15) is 19.8 Å². The van der Waals surface area contributed by atoms with Gasteiger partial charge in [-0.05, 0) is 31.9 Å². The molecule has 102 valence electrons. The number of nitrogens with zero attached hydrogens (tertiary/aromatic N) is 1. The van der Waals surface area contributed by atoms with Gasteiger partial charge in [0.25, 0.3) is 0 Å². The number of anilines is 2. The summed E-state index contributed by atoms with van der Waals surface area (Å²) in [6.45, 7) is 3.48. The lowest BCUT2D eigenvalue weighted by Gasteiger charge is -2.19. The summed E-state index contributed by atoms with van der Waals surface area (Å²) in [6, 6.07) is 7.62. The van der Waals surface area contributed by atoms with Gasteiger partial charge in [-0.25, -0.2) is 0 Å². The fraction of sp³-hybridized carbons (Fsp3) is 0.333. The third kappa shape index (κ3) is 3.51. The minimum Gasteiger partial charge on any atom is -0.448 e. The van der Waals surface area contributed by atoms with Crippen molar-refractivity contribution >= 4 is 11.8 Å². The Morgan fingerprint density at radius 1 is 1.21 bits per heavy atom. The Labute approximate surface area is 113 Å². The number of hydrogen-bond acceptors (Lipinski definition) is 4. The second-order valence-electron chi connectivity index (χ2n) is 4.31. The highest BCUT2D eigenvalue weighted by Crippen LogP contribution is 2.26. The van der Waals surface area contributed by atoms with Crippen molar-refractivity contribution in [3.8, 4) is 0 Å². The molecule has 0 bridgehead atoms. The zero-order valence-electron chi connectivity index (χ0n) is 11.2. The normalized spacial score (nSPS) is 11.8. The fourth-order valence-electron chi connectivity index (χ4n) is 2.00. The van der Waals surface area contributed by atoms with Crippen LogP contribution in [-0.2, 0) is 0 Å². The van der Waals surface area contributed by atoms with E-state index in [-0.39, 0.29) is 0 Å². The maximum Gasteiger partial charge on any atom is 0.201 e. The van der Waals surface area contributed by atoms with Crippen LogP contribution in [0.4, 0.5) is 11.8 Å². The van der Waals surface area contributed by atoms with Crippen molar-refractivity contribution in [2.45, 2.75) is 19.8 Å². The Kier molecular flexibility index (Phi) is 4.86. The summed E-state index contributed by atoms with van der Waals surface area (Å²) in [5.74, 6) is 1.59. The van der Waals surface area contributed by atoms with E-state index in [1.54, 1.807) is 12.5 Å². The molecule has 0 unspecified atom stereocenters. The Balaban J connectivity index is 2.00. The van der Waals surface area contributed by atoms with E-state index in [0.717, 1.165) is 31.2 Å². The van der Waals surface area contributed by atoms with Gasteiger partial charge in [0.05, 0.1) is 12.5 Å². The van der Waals surface area contributed by atoms with Gasteiger partial charge in [0.2, 0.25) is 11.8 Å². The molecule has 0 radical (unpaired) electrons. The molecule has 0 spiro atoms. The van der Waals surface area contributed by atoms with E-state index in [1.807, 2.05) is 36.1 Å². The van der Waals surface area contributed by atoms with Crippen LogP contribution in [0.25, 0.3) is 0 Å². The van der Waals surface area contributed by atoms with Gasteiger partial charge in [0.15, 0.2) is 0 Å². The molecule has 2 aromatic heterocycles. The molecule has 0 aromatic carbocycles. The highest BCUT2D eigenvalue weighted by molar-refractivity contribution is 5.52. The van der Waals surface area contributed by atoms with Gasteiger partial charge < -0.3 is 14.6 Å². The topological polar surface area (TPSA) is 55.5 Å². The smallest absolute Gasteiger partial charge is 0.201 e. The Morgan fingerprint density at radius 3 is 2.26 bits per heavy atom. The number of furan rings is 2. The largest absolute Gasteiger partial charge is 0.448 e. The number of rotatable bonds is 7. The van der Waals surface area contributed by atoms with Crippen molar-refractivity contribution in [2.24, 2.45) is 5.73 Å². The van der Waals surface area contributed by atoms with Crippen LogP contribution in [0.2, 0.25) is 0 Å². The molecule has 2 aromatic rings. The van der Waals surface area contributed by atoms with E-state index in [1.165, 1.54) is 5.57 Å². The molecule has 19 heavy (non-hydrogen) atoms. The molecule has 0 atom stereocenters. The molecule has 4 nitrogen and oxygen atoms in total. The van der Waals surface area contributed by atoms with Crippen LogP contribution in [0.5, 0.6) is 0 Å². The molecule has 2 N–H and O–H groups in total. The van der Waals surface area contributed by atoms with E-state index in [4.69, 9.17) is 14.6 Å². The lowest BCUT2D eigenvalue weighted by atomic mass is 10.1. The van der Waals surface area contributed by atoms with E-state index in [2.05, 4.69) is 6.08 Å². The Hall–Kier alpha value is -1.94. The molecule has 2 heterocycles. The molecule has 0 aliphatic carbocycles. The van der Waals surface area contributed by atoms with E-state index < -0.39 is 0 Å². The van der Waals surface area contributed by atoms with Gasteiger partial charge in [0.1, 0.15) is 0 Å². The van der Waals surface area contributed by atoms with Crippen LogP contribution in [0.15, 0.2) is 57.3 Å². The van der Waals surface area contributed by atoms with Crippen molar-refractivity contribution in [2.75, 3.05) is 18.0 Å². The Bertz CT molecular complexity index is 452. The summed E-state index contributed by atoms with van der Waals surface area (Å²) in [7, 11) is 0. The summed E-state index contributed by atoms with van der Waals surface area (Å²) < 4.78 is 10.9. The number of hydrogen-bond donors (Lipinski definition) is 1. The second-order valence-corrected chi connectivity index (χ2v) is 4.31. The van der Waals surface area contributed by atoms with Crippen molar-refractivity contribution in [3.05, 3.63) is 48.4 Å². The SMILES string of the molecule is CC=C(CN)CCCN(c1ccco1)c1ccco1. The fourth-order valence-corrected chi connectivity index (χ4v) is 2.00. The quantitative estimate of drug-likeness (QED) is 0.771. The van der Waals surface area contributed by atoms with Crippen molar-refractivity contribution < 1.29 is 8.83 Å². The first-order chi connectivity index (χ1) is 9.35. The average Bonchev–Trinajstić information content (AvgIpc) is 3.12. The maximum absolute atomic E-state index is 5.67. The monoisotopic (exact) mass is 260 g/mol. The van der Waals surface area contributed by atoms with Gasteiger partial charge >= 0.3 is 0 Å². The molecule has 4 heteroatoms. The molecular formula is C15H20N2O2. The molecule has 0 amide bonds. The van der Waals surface area contributed by atoms with Crippen molar-refractivity contribution in [3.63, 3.8) is 0 Å². The third-order valence-electron chi connectivity index (χ3n) is 3.09. The maximum atomic E-state index is 5.67. The minimum absolute atomic E-state index is 0.623. The zero-order chi connectivity index (χ0) is 13.5. The highest BCUT2D eigenvalue weighted by atomic mass is 16.4. The predicted molar refractivity (Wildman–Crippen MR) is 76.5 cm³/mol. The lowest BCUT2D eigenvalue weighted by Crippen LogP contribution is -2.17. The van der Waals surface area contributed by atoms with Crippen LogP contribution >= 0.6 is 0 Å². The first-order valence-electron chi connectivity index (χ1n) is 6.54. The van der Waals surface area contributed by atoms with Crippen LogP contribution in [-0.4, -0.2) is 13.1 Å². The minimum atomic E-state index is 0.623. The first-order valence-corrected chi connectivity index (χ1v) is 6.54. The van der Waals surface area contributed by atoms with Crippen LogP contribution in [0, 0.1) is 0 Å². The Morgan fingerprint density at radius 2 is 1.84 bits per heavy atom. The lowest BCUT2D eigenvalue weighted by molar-refractivity contribution is 0.518. The van der Waals surface area contributed by atoms with Crippen LogP contribution in [0.3, 0.4) is 0 Å². The van der Waals surface area contributed by atoms with E-state index >= 15 is 0 Å². The molecular weight excluding hydrogens is 240 g/mol. The summed E-state index contributed by atoms with van der Waals surface area (Å²) in [5, 5.41) is 0. The van der Waals surface area contributed by atoms with E-state index in [9.17, 15) is 0 Å². The average molecular weight is 260 g/mol. The molecule has 2 rings (SSSR count). The van der Waals surface area contributed by atoms with E-state index in [0.29, 0.717) is 6.54 Å². The molecule has 0 aliphatic heterocycles. The molecule has 0 saturated carbocycles. The number of nitrogens with two attached hydrogens (primary N) is 1. The van der Waals surface area contributed by atoms with Crippen LogP contribution < -0.4 is 10.6 Å². The van der Waals surface area contributed by atoms with Gasteiger partial charge in [-0.1, -0.05) is 11.6 Å². The van der Waals surface area contributed by atoms with Gasteiger partial charge in [-0.3, -0.25) is 4.90 Å². The third-order valence-corrected chi connectivity index (χ3v) is 3.09. The molecule has 0 fully saturated rings. The van der Waals surface area contributed by atoms with Gasteiger partial charge in [-0.2, -0.15) is 0 Å². The second kappa shape index (κ2) is 6.85. The summed E-state index contributed by atoms with van der Waals surface area (Å²) in [6.07, 6.45) is 7.42. The standard InChI is InChI=1S/C15H20N2O2/c1-2-13(12-16)6-3-9-17(14-7-4-10-18-14)15-8-5-11-19-15/h2,4-5,7-8,10-11H,3,6,9,12,16H2,1H3. The highest BCUT2D eigenvalue weighted by Gasteiger charge is 2.13. The van der Waals surface area contributed by atoms with Gasteiger partial charge in [0, 0.05) is 25.2 Å².